The van der Waals surface area contributed by atoms with Gasteiger partial charge in [-0.1, -0.05) is 12.1 Å². The van der Waals surface area contributed by atoms with Crippen LogP contribution in [0.25, 0.3) is 0 Å². The van der Waals surface area contributed by atoms with Gasteiger partial charge in [0.2, 0.25) is 10.0 Å². The fourth-order valence-electron chi connectivity index (χ4n) is 1.27. The van der Waals surface area contributed by atoms with E-state index in [1.807, 2.05) is 0 Å². The van der Waals surface area contributed by atoms with Crippen molar-refractivity contribution in [2.75, 3.05) is 19.4 Å². The normalized spacial score (nSPS) is 11.4. The van der Waals surface area contributed by atoms with E-state index in [9.17, 15) is 8.42 Å². The smallest absolute Gasteiger partial charge is 0.211 e. The molecular weight excluding hydrogens is 242 g/mol. The second kappa shape index (κ2) is 6.58. The van der Waals surface area contributed by atoms with Gasteiger partial charge in [0.25, 0.3) is 0 Å². The first-order valence-corrected chi connectivity index (χ1v) is 6.96. The van der Waals surface area contributed by atoms with E-state index in [4.69, 9.17) is 9.84 Å². The Labute approximate surface area is 101 Å². The molecule has 0 aromatic heterocycles. The molecule has 5 nitrogen and oxygen atoms in total. The van der Waals surface area contributed by atoms with E-state index in [2.05, 4.69) is 4.72 Å². The lowest BCUT2D eigenvalue weighted by Gasteiger charge is -2.07. The molecule has 96 valence electrons. The summed E-state index contributed by atoms with van der Waals surface area (Å²) in [7, 11) is -1.77. The fraction of sp³-hybridized carbons (Fsp3) is 0.455. The Bertz CT molecular complexity index is 445. The molecule has 0 saturated carbocycles. The number of ether oxygens (including phenoxy) is 1. The number of nitrogens with one attached hydrogen (secondary N) is 1. The zero-order chi connectivity index (χ0) is 12.7. The first-order valence-electron chi connectivity index (χ1n) is 5.31. The monoisotopic (exact) mass is 259 g/mol. The molecule has 6 heteroatoms. The van der Waals surface area contributed by atoms with Crippen molar-refractivity contribution in [1.82, 2.24) is 4.72 Å². The molecule has 0 spiro atoms. The first-order chi connectivity index (χ1) is 8.07. The van der Waals surface area contributed by atoms with Crippen LogP contribution in [-0.2, 0) is 16.6 Å². The van der Waals surface area contributed by atoms with Crippen LogP contribution in [0, 0.1) is 0 Å². The van der Waals surface area contributed by atoms with Crippen LogP contribution >= 0.6 is 0 Å². The molecule has 17 heavy (non-hydrogen) atoms. The minimum atomic E-state index is -3.16. The molecule has 0 saturated heterocycles. The van der Waals surface area contributed by atoms with Gasteiger partial charge >= 0.3 is 0 Å². The molecule has 1 rings (SSSR count). The molecular formula is C11H17NO4S. The Kier molecular flexibility index (Phi) is 5.40. The lowest BCUT2D eigenvalue weighted by molar-refractivity contribution is 0.279. The van der Waals surface area contributed by atoms with Crippen LogP contribution in [0.3, 0.4) is 0 Å². The average molecular weight is 259 g/mol. The SMILES string of the molecule is CNS(=O)(=O)CCCOc1cccc(CO)c1. The molecule has 0 fully saturated rings. The van der Waals surface area contributed by atoms with Crippen molar-refractivity contribution in [1.29, 1.82) is 0 Å². The van der Waals surface area contributed by atoms with E-state index in [1.165, 1.54) is 7.05 Å². The minimum absolute atomic E-state index is 0.0364. The summed E-state index contributed by atoms with van der Waals surface area (Å²) < 4.78 is 29.8. The maximum Gasteiger partial charge on any atom is 0.211 e. The molecule has 0 atom stereocenters. The summed E-state index contributed by atoms with van der Waals surface area (Å²) in [6, 6.07) is 7.07. The van der Waals surface area contributed by atoms with Crippen LogP contribution < -0.4 is 9.46 Å². The molecule has 0 unspecified atom stereocenters. The maximum atomic E-state index is 11.1. The van der Waals surface area contributed by atoms with Gasteiger partial charge in [-0.3, -0.25) is 0 Å². The van der Waals surface area contributed by atoms with Crippen LogP contribution in [0.5, 0.6) is 5.75 Å². The van der Waals surface area contributed by atoms with Crippen molar-refractivity contribution in [3.63, 3.8) is 0 Å². The van der Waals surface area contributed by atoms with E-state index < -0.39 is 10.0 Å². The largest absolute Gasteiger partial charge is 0.494 e. The highest BCUT2D eigenvalue weighted by atomic mass is 32.2. The van der Waals surface area contributed by atoms with Gasteiger partial charge in [0.05, 0.1) is 19.0 Å². The average Bonchev–Trinajstić information content (AvgIpc) is 2.35. The predicted octanol–water partition coefficient (Wildman–Crippen LogP) is 0.497. The van der Waals surface area contributed by atoms with Crippen LogP contribution in [0.1, 0.15) is 12.0 Å². The third-order valence-electron chi connectivity index (χ3n) is 2.22. The number of hydrogen-bond donors (Lipinski definition) is 2. The van der Waals surface area contributed by atoms with Gasteiger partial charge in [0, 0.05) is 0 Å². The first kappa shape index (κ1) is 14.0. The van der Waals surface area contributed by atoms with Gasteiger partial charge in [0.1, 0.15) is 5.75 Å². The molecule has 1 aromatic rings. The van der Waals surface area contributed by atoms with E-state index in [0.717, 1.165) is 5.56 Å². The highest BCUT2D eigenvalue weighted by Crippen LogP contribution is 2.13. The number of aliphatic hydroxyl groups excluding tert-OH is 1. The molecule has 0 radical (unpaired) electrons. The van der Waals surface area contributed by atoms with Crippen molar-refractivity contribution in [3.8, 4) is 5.75 Å². The van der Waals surface area contributed by atoms with Crippen molar-refractivity contribution in [2.45, 2.75) is 13.0 Å². The van der Waals surface area contributed by atoms with Crippen molar-refractivity contribution in [3.05, 3.63) is 29.8 Å². The third-order valence-corrected chi connectivity index (χ3v) is 3.67. The lowest BCUT2D eigenvalue weighted by Crippen LogP contribution is -2.23. The van der Waals surface area contributed by atoms with Crippen LogP contribution in [0.2, 0.25) is 0 Å². The minimum Gasteiger partial charge on any atom is -0.494 e. The Balaban J connectivity index is 2.36. The summed E-state index contributed by atoms with van der Waals surface area (Å²) in [6.45, 7) is 0.293. The molecule has 0 bridgehead atoms. The zero-order valence-corrected chi connectivity index (χ0v) is 10.5. The van der Waals surface area contributed by atoms with Gasteiger partial charge in [-0.05, 0) is 31.2 Å². The quantitative estimate of drug-likeness (QED) is 0.699. The Hall–Kier alpha value is -1.11. The second-order valence-electron chi connectivity index (χ2n) is 3.53. The van der Waals surface area contributed by atoms with Crippen molar-refractivity contribution in [2.24, 2.45) is 0 Å². The Morgan fingerprint density at radius 2 is 2.18 bits per heavy atom. The van der Waals surface area contributed by atoms with E-state index in [-0.39, 0.29) is 12.4 Å². The highest BCUT2D eigenvalue weighted by Gasteiger charge is 2.06. The Morgan fingerprint density at radius 3 is 2.82 bits per heavy atom. The van der Waals surface area contributed by atoms with E-state index >= 15 is 0 Å². The van der Waals surface area contributed by atoms with Gasteiger partial charge in [-0.25, -0.2) is 13.1 Å². The van der Waals surface area contributed by atoms with Crippen LogP contribution in [-0.4, -0.2) is 32.9 Å². The molecule has 0 amide bonds. The molecule has 2 N–H and O–H groups in total. The summed E-state index contributed by atoms with van der Waals surface area (Å²) in [6.07, 6.45) is 0.423. The molecule has 0 heterocycles. The number of hydrogen-bond acceptors (Lipinski definition) is 4. The van der Waals surface area contributed by atoms with E-state index in [0.29, 0.717) is 18.8 Å². The summed E-state index contributed by atoms with van der Waals surface area (Å²) in [5, 5.41) is 8.93. The maximum absolute atomic E-state index is 11.1. The van der Waals surface area contributed by atoms with Crippen molar-refractivity contribution >= 4 is 10.0 Å². The molecule has 1 aromatic carbocycles. The number of sulfonamides is 1. The van der Waals surface area contributed by atoms with Crippen LogP contribution in [0.4, 0.5) is 0 Å². The summed E-state index contributed by atoms with van der Waals surface area (Å²) in [5.74, 6) is 0.682. The van der Waals surface area contributed by atoms with Gasteiger partial charge in [-0.15, -0.1) is 0 Å². The standard InChI is InChI=1S/C11H17NO4S/c1-12-17(14,15)7-3-6-16-11-5-2-4-10(8-11)9-13/h2,4-5,8,12-13H,3,6-7,9H2,1H3. The fourth-order valence-corrected chi connectivity index (χ4v) is 1.98. The number of benzene rings is 1. The topological polar surface area (TPSA) is 75.6 Å². The highest BCUT2D eigenvalue weighted by molar-refractivity contribution is 7.89. The summed E-state index contributed by atoms with van der Waals surface area (Å²) in [5.41, 5.74) is 0.769. The number of rotatable bonds is 7. The summed E-state index contributed by atoms with van der Waals surface area (Å²) in [4.78, 5) is 0. The molecule has 0 aliphatic heterocycles. The van der Waals surface area contributed by atoms with E-state index in [1.54, 1.807) is 24.3 Å². The molecule has 0 aliphatic rings. The predicted molar refractivity (Wildman–Crippen MR) is 65.3 cm³/mol. The third kappa shape index (κ3) is 5.16. The van der Waals surface area contributed by atoms with Crippen LogP contribution in [0.15, 0.2) is 24.3 Å². The van der Waals surface area contributed by atoms with Gasteiger partial charge in [0.15, 0.2) is 0 Å². The van der Waals surface area contributed by atoms with Gasteiger partial charge < -0.3 is 9.84 Å². The van der Waals surface area contributed by atoms with Gasteiger partial charge in [-0.2, -0.15) is 0 Å². The second-order valence-corrected chi connectivity index (χ2v) is 5.58. The lowest BCUT2D eigenvalue weighted by atomic mass is 10.2. The number of aliphatic hydroxyl groups is 1. The van der Waals surface area contributed by atoms with Crippen molar-refractivity contribution < 1.29 is 18.3 Å². The summed E-state index contributed by atoms with van der Waals surface area (Å²) >= 11 is 0. The Morgan fingerprint density at radius 1 is 1.41 bits per heavy atom. The molecule has 0 aliphatic carbocycles. The zero-order valence-electron chi connectivity index (χ0n) is 9.72.